The Kier molecular flexibility index (Phi) is 4.99. The van der Waals surface area contributed by atoms with Gasteiger partial charge in [0.1, 0.15) is 5.03 Å². The Balaban J connectivity index is 1.75. The van der Waals surface area contributed by atoms with Gasteiger partial charge in [0.05, 0.1) is 5.69 Å². The quantitative estimate of drug-likeness (QED) is 0.569. The molecule has 3 rings (SSSR count). The lowest BCUT2D eigenvalue weighted by Gasteiger charge is -2.07. The Morgan fingerprint density at radius 2 is 1.78 bits per heavy atom. The molecule has 0 aliphatic carbocycles. The molecule has 0 aliphatic rings. The number of aryl methyl sites for hydroxylation is 2. The highest BCUT2D eigenvalue weighted by molar-refractivity contribution is 7.98. The Morgan fingerprint density at radius 3 is 2.52 bits per heavy atom. The molecule has 0 atom stereocenters. The average Bonchev–Trinajstić information content (AvgIpc) is 2.57. The van der Waals surface area contributed by atoms with Crippen LogP contribution in [0.4, 0.5) is 0 Å². The van der Waals surface area contributed by atoms with Crippen LogP contribution < -0.4 is 0 Å². The number of nitrogens with zero attached hydrogens (tertiary/aromatic N) is 2. The van der Waals surface area contributed by atoms with Crippen molar-refractivity contribution in [2.24, 2.45) is 0 Å². The van der Waals surface area contributed by atoms with Gasteiger partial charge in [-0.05, 0) is 49.2 Å². The van der Waals surface area contributed by atoms with Gasteiger partial charge in [0, 0.05) is 16.3 Å². The topological polar surface area (TPSA) is 25.8 Å². The van der Waals surface area contributed by atoms with Crippen LogP contribution in [-0.4, -0.2) is 10.2 Å². The fourth-order valence-electron chi connectivity index (χ4n) is 2.32. The van der Waals surface area contributed by atoms with Crippen molar-refractivity contribution < 1.29 is 0 Å². The van der Waals surface area contributed by atoms with Crippen LogP contribution in [0.1, 0.15) is 16.7 Å². The second kappa shape index (κ2) is 7.16. The Morgan fingerprint density at radius 1 is 0.957 bits per heavy atom. The van der Waals surface area contributed by atoms with Crippen LogP contribution in [0.25, 0.3) is 11.3 Å². The average molecular weight is 341 g/mol. The molecule has 0 fully saturated rings. The fourth-order valence-corrected chi connectivity index (χ4v) is 3.42. The molecule has 23 heavy (non-hydrogen) atoms. The largest absolute Gasteiger partial charge is 0.149 e. The highest BCUT2D eigenvalue weighted by atomic mass is 35.5. The molecular formula is C19H17ClN2S. The van der Waals surface area contributed by atoms with Crippen LogP contribution >= 0.6 is 23.4 Å². The third-order valence-corrected chi connectivity index (χ3v) is 4.98. The molecule has 0 saturated heterocycles. The molecule has 116 valence electrons. The van der Waals surface area contributed by atoms with E-state index in [2.05, 4.69) is 42.2 Å². The lowest BCUT2D eigenvalue weighted by atomic mass is 10.0. The van der Waals surface area contributed by atoms with Crippen molar-refractivity contribution in [1.82, 2.24) is 10.2 Å². The minimum Gasteiger partial charge on any atom is -0.149 e. The summed E-state index contributed by atoms with van der Waals surface area (Å²) in [5.74, 6) is 0.789. The van der Waals surface area contributed by atoms with Crippen LogP contribution in [0.3, 0.4) is 0 Å². The molecule has 0 aliphatic heterocycles. The molecule has 4 heteroatoms. The number of benzene rings is 2. The lowest BCUT2D eigenvalue weighted by Crippen LogP contribution is -1.92. The molecule has 1 aromatic heterocycles. The lowest BCUT2D eigenvalue weighted by molar-refractivity contribution is 0.934. The van der Waals surface area contributed by atoms with Crippen LogP contribution in [0.15, 0.2) is 59.6 Å². The maximum absolute atomic E-state index is 6.18. The van der Waals surface area contributed by atoms with Crippen molar-refractivity contribution in [2.75, 3.05) is 0 Å². The third kappa shape index (κ3) is 3.92. The van der Waals surface area contributed by atoms with Gasteiger partial charge in [-0.15, -0.1) is 10.2 Å². The first-order chi connectivity index (χ1) is 11.1. The molecule has 1 heterocycles. The smallest absolute Gasteiger partial charge is 0.119 e. The fraction of sp³-hybridized carbons (Fsp3) is 0.158. The van der Waals surface area contributed by atoms with Crippen molar-refractivity contribution in [3.05, 3.63) is 76.3 Å². The number of hydrogen-bond acceptors (Lipinski definition) is 3. The number of hydrogen-bond donors (Lipinski definition) is 0. The van der Waals surface area contributed by atoms with Gasteiger partial charge in [-0.3, -0.25) is 0 Å². The van der Waals surface area contributed by atoms with Gasteiger partial charge in [-0.25, -0.2) is 0 Å². The molecule has 2 nitrogen and oxygen atoms in total. The first-order valence-corrected chi connectivity index (χ1v) is 8.77. The van der Waals surface area contributed by atoms with E-state index in [1.165, 1.54) is 11.1 Å². The number of halogens is 1. The summed E-state index contributed by atoms with van der Waals surface area (Å²) in [6, 6.07) is 18.3. The maximum Gasteiger partial charge on any atom is 0.119 e. The van der Waals surface area contributed by atoms with E-state index in [1.807, 2.05) is 36.4 Å². The third-order valence-electron chi connectivity index (χ3n) is 3.64. The minimum absolute atomic E-state index is 0.789. The van der Waals surface area contributed by atoms with Gasteiger partial charge >= 0.3 is 0 Å². The van der Waals surface area contributed by atoms with Gasteiger partial charge in [0.2, 0.25) is 0 Å². The molecule has 0 N–H and O–H groups in total. The summed E-state index contributed by atoms with van der Waals surface area (Å²) >= 11 is 7.82. The summed E-state index contributed by atoms with van der Waals surface area (Å²) in [4.78, 5) is 0. The number of rotatable bonds is 4. The summed E-state index contributed by atoms with van der Waals surface area (Å²) in [5, 5.41) is 10.4. The molecular weight excluding hydrogens is 324 g/mol. The van der Waals surface area contributed by atoms with Gasteiger partial charge < -0.3 is 0 Å². The highest BCUT2D eigenvalue weighted by Crippen LogP contribution is 2.27. The number of aromatic nitrogens is 2. The first-order valence-electron chi connectivity index (χ1n) is 7.41. The minimum atomic E-state index is 0.789. The van der Waals surface area contributed by atoms with Gasteiger partial charge in [-0.1, -0.05) is 59.3 Å². The summed E-state index contributed by atoms with van der Waals surface area (Å²) in [6.07, 6.45) is 0. The normalized spacial score (nSPS) is 10.7. The molecule has 0 amide bonds. The molecule has 0 bridgehead atoms. The second-order valence-corrected chi connectivity index (χ2v) is 6.86. The summed E-state index contributed by atoms with van der Waals surface area (Å²) in [6.45, 7) is 4.18. The molecule has 0 saturated carbocycles. The Bertz CT molecular complexity index is 816. The highest BCUT2D eigenvalue weighted by Gasteiger charge is 2.06. The van der Waals surface area contributed by atoms with Crippen molar-refractivity contribution in [1.29, 1.82) is 0 Å². The van der Waals surface area contributed by atoms with Crippen LogP contribution in [0, 0.1) is 13.8 Å². The zero-order chi connectivity index (χ0) is 16.2. The van der Waals surface area contributed by atoms with E-state index in [-0.39, 0.29) is 0 Å². The Labute approximate surface area is 145 Å². The molecule has 2 aromatic carbocycles. The van der Waals surface area contributed by atoms with Crippen LogP contribution in [0.2, 0.25) is 5.02 Å². The standard InChI is InChI=1S/C19H17ClN2S/c1-13-7-8-14(2)16(11-13)18-9-10-19(22-21-18)23-12-15-5-3-4-6-17(15)20/h3-11H,12H2,1-2H3. The first kappa shape index (κ1) is 16.0. The van der Waals surface area contributed by atoms with E-state index < -0.39 is 0 Å². The SMILES string of the molecule is Cc1ccc(C)c(-c2ccc(SCc3ccccc3Cl)nn2)c1. The predicted molar refractivity (Wildman–Crippen MR) is 98.0 cm³/mol. The van der Waals surface area contributed by atoms with Crippen molar-refractivity contribution in [2.45, 2.75) is 24.6 Å². The second-order valence-electron chi connectivity index (χ2n) is 5.46. The van der Waals surface area contributed by atoms with E-state index in [1.54, 1.807) is 11.8 Å². The zero-order valence-corrected chi connectivity index (χ0v) is 14.7. The van der Waals surface area contributed by atoms with Crippen molar-refractivity contribution >= 4 is 23.4 Å². The molecule has 3 aromatic rings. The van der Waals surface area contributed by atoms with E-state index in [0.717, 1.165) is 32.6 Å². The van der Waals surface area contributed by atoms with E-state index in [9.17, 15) is 0 Å². The van der Waals surface area contributed by atoms with Gasteiger partial charge in [0.15, 0.2) is 0 Å². The van der Waals surface area contributed by atoms with E-state index in [0.29, 0.717) is 0 Å². The molecule has 0 spiro atoms. The summed E-state index contributed by atoms with van der Waals surface area (Å²) in [5.41, 5.74) is 5.60. The van der Waals surface area contributed by atoms with Crippen molar-refractivity contribution in [3.63, 3.8) is 0 Å². The zero-order valence-electron chi connectivity index (χ0n) is 13.1. The van der Waals surface area contributed by atoms with E-state index >= 15 is 0 Å². The van der Waals surface area contributed by atoms with Gasteiger partial charge in [-0.2, -0.15) is 0 Å². The van der Waals surface area contributed by atoms with Crippen LogP contribution in [0.5, 0.6) is 0 Å². The molecule has 0 unspecified atom stereocenters. The van der Waals surface area contributed by atoms with Crippen LogP contribution in [-0.2, 0) is 5.75 Å². The Hall–Kier alpha value is -1.84. The predicted octanol–water partition coefficient (Wildman–Crippen LogP) is 5.71. The summed E-state index contributed by atoms with van der Waals surface area (Å²) < 4.78 is 0. The van der Waals surface area contributed by atoms with E-state index in [4.69, 9.17) is 11.6 Å². The number of thioether (sulfide) groups is 1. The van der Waals surface area contributed by atoms with Crippen molar-refractivity contribution in [3.8, 4) is 11.3 Å². The van der Waals surface area contributed by atoms with Gasteiger partial charge in [0.25, 0.3) is 0 Å². The maximum atomic E-state index is 6.18. The summed E-state index contributed by atoms with van der Waals surface area (Å²) in [7, 11) is 0. The monoisotopic (exact) mass is 340 g/mol. The molecule has 0 radical (unpaired) electrons.